The van der Waals surface area contributed by atoms with E-state index in [1.165, 1.54) is 6.92 Å². The van der Waals surface area contributed by atoms with Gasteiger partial charge in [0.15, 0.2) is 0 Å². The summed E-state index contributed by atoms with van der Waals surface area (Å²) in [7, 11) is 0. The van der Waals surface area contributed by atoms with Crippen molar-refractivity contribution in [1.82, 2.24) is 5.32 Å². The third kappa shape index (κ3) is 13.6. The summed E-state index contributed by atoms with van der Waals surface area (Å²) in [6.45, 7) is 2.04. The molecule has 174 valence electrons. The number of hydrogen-bond acceptors (Lipinski definition) is 7. The Balaban J connectivity index is 0.000000695. The number of aliphatic carboxylic acids is 3. The molecule has 0 aliphatic carbocycles. The van der Waals surface area contributed by atoms with E-state index >= 15 is 0 Å². The van der Waals surface area contributed by atoms with Gasteiger partial charge in [0.25, 0.3) is 0 Å². The van der Waals surface area contributed by atoms with Gasteiger partial charge in [-0.2, -0.15) is 0 Å². The number of unbranched alkanes of at least 4 members (excludes halogenated alkanes) is 1. The molecule has 31 heavy (non-hydrogen) atoms. The van der Waals surface area contributed by atoms with E-state index in [-0.39, 0.29) is 13.0 Å². The molecule has 0 saturated heterocycles. The van der Waals surface area contributed by atoms with Crippen LogP contribution in [0, 0.1) is 5.92 Å². The highest BCUT2D eigenvalue weighted by atomic mass is 16.5. The predicted molar refractivity (Wildman–Crippen MR) is 111 cm³/mol. The molecule has 1 rings (SSSR count). The molecule has 0 spiro atoms. The van der Waals surface area contributed by atoms with Crippen LogP contribution in [0.2, 0.25) is 0 Å². The van der Waals surface area contributed by atoms with Gasteiger partial charge in [0.2, 0.25) is 0 Å². The van der Waals surface area contributed by atoms with Crippen LogP contribution in [0.1, 0.15) is 38.2 Å². The fourth-order valence-electron chi connectivity index (χ4n) is 2.24. The van der Waals surface area contributed by atoms with Crippen molar-refractivity contribution >= 4 is 24.0 Å². The standard InChI is InChI=1S/C14H20N2O4.C6H11NO4/c15-9-5-4-8-12(13(17)18)16-14(19)20-10-11-6-2-1-3-7-11;1-3(5(8)9)2-4(7)6(10)11/h1-3,6-7,12H,4-5,8-10,15H2,(H,16,19)(H,17,18);3-4H,2,7H2,1H3,(H,8,9)(H,10,11)/t12-;3?,4-/m00/s1. The molecule has 8 N–H and O–H groups in total. The summed E-state index contributed by atoms with van der Waals surface area (Å²) in [6, 6.07) is 7.16. The fraction of sp³-hybridized carbons (Fsp3) is 0.500. The molecule has 0 heterocycles. The zero-order valence-corrected chi connectivity index (χ0v) is 17.4. The first-order chi connectivity index (χ1) is 14.6. The summed E-state index contributed by atoms with van der Waals surface area (Å²) in [6.07, 6.45) is 0.947. The van der Waals surface area contributed by atoms with Gasteiger partial charge in [-0.05, 0) is 37.8 Å². The lowest BCUT2D eigenvalue weighted by Gasteiger charge is -2.14. The Kier molecular flexibility index (Phi) is 14.0. The van der Waals surface area contributed by atoms with Crippen molar-refractivity contribution in [1.29, 1.82) is 0 Å². The zero-order chi connectivity index (χ0) is 23.8. The van der Waals surface area contributed by atoms with Crippen molar-refractivity contribution in [3.8, 4) is 0 Å². The van der Waals surface area contributed by atoms with Gasteiger partial charge in [-0.15, -0.1) is 0 Å². The number of ether oxygens (including phenoxy) is 1. The molecule has 0 aliphatic heterocycles. The minimum absolute atomic E-state index is 0.0370. The number of hydrogen-bond donors (Lipinski definition) is 6. The number of carbonyl (C=O) groups is 4. The minimum Gasteiger partial charge on any atom is -0.481 e. The maximum atomic E-state index is 11.5. The number of carbonyl (C=O) groups excluding carboxylic acids is 1. The Hall–Kier alpha value is -3.18. The number of benzene rings is 1. The molecule has 0 aliphatic rings. The lowest BCUT2D eigenvalue weighted by molar-refractivity contribution is -0.143. The van der Waals surface area contributed by atoms with E-state index in [9.17, 15) is 19.2 Å². The Labute approximate surface area is 180 Å². The fourth-order valence-corrected chi connectivity index (χ4v) is 2.24. The summed E-state index contributed by atoms with van der Waals surface area (Å²) in [5, 5.41) is 28.0. The quantitative estimate of drug-likeness (QED) is 0.254. The van der Waals surface area contributed by atoms with Gasteiger partial charge in [0, 0.05) is 0 Å². The van der Waals surface area contributed by atoms with Crippen LogP contribution < -0.4 is 16.8 Å². The predicted octanol–water partition coefficient (Wildman–Crippen LogP) is 1.00. The van der Waals surface area contributed by atoms with E-state index in [1.54, 1.807) is 0 Å². The summed E-state index contributed by atoms with van der Waals surface area (Å²) in [5.41, 5.74) is 11.3. The summed E-state index contributed by atoms with van der Waals surface area (Å²) >= 11 is 0. The number of nitrogens with two attached hydrogens (primary N) is 2. The SMILES string of the molecule is CC(C[C@H](N)C(=O)O)C(=O)O.NCCCC[C@H](NC(=O)OCc1ccccc1)C(=O)O. The first kappa shape index (κ1) is 27.8. The van der Waals surface area contributed by atoms with Crippen molar-refractivity contribution in [3.05, 3.63) is 35.9 Å². The Morgan fingerprint density at radius 1 is 1.00 bits per heavy atom. The van der Waals surface area contributed by atoms with E-state index in [4.69, 9.17) is 31.5 Å². The molecule has 0 bridgehead atoms. The monoisotopic (exact) mass is 441 g/mol. The highest BCUT2D eigenvalue weighted by molar-refractivity contribution is 5.79. The Morgan fingerprint density at radius 2 is 1.61 bits per heavy atom. The van der Waals surface area contributed by atoms with Crippen molar-refractivity contribution in [2.24, 2.45) is 17.4 Å². The van der Waals surface area contributed by atoms with Crippen LogP contribution >= 0.6 is 0 Å². The molecule has 1 unspecified atom stereocenters. The second-order valence-electron chi connectivity index (χ2n) is 6.80. The molecule has 1 aromatic carbocycles. The van der Waals surface area contributed by atoms with Gasteiger partial charge in [-0.1, -0.05) is 37.3 Å². The molecule has 11 nitrogen and oxygen atoms in total. The number of nitrogens with one attached hydrogen (secondary N) is 1. The van der Waals surface area contributed by atoms with Crippen LogP contribution in [0.15, 0.2) is 30.3 Å². The highest BCUT2D eigenvalue weighted by Gasteiger charge is 2.20. The first-order valence-corrected chi connectivity index (χ1v) is 9.69. The lowest BCUT2D eigenvalue weighted by atomic mass is 10.0. The topological polar surface area (TPSA) is 202 Å². The number of amides is 1. The normalized spacial score (nSPS) is 13.0. The van der Waals surface area contributed by atoms with Crippen molar-refractivity contribution in [2.45, 2.75) is 51.3 Å². The van der Waals surface area contributed by atoms with E-state index in [1.807, 2.05) is 30.3 Å². The minimum atomic E-state index is -1.17. The van der Waals surface area contributed by atoms with Gasteiger partial charge in [-0.25, -0.2) is 9.59 Å². The average molecular weight is 441 g/mol. The largest absolute Gasteiger partial charge is 0.481 e. The molecular formula is C20H31N3O8. The van der Waals surface area contributed by atoms with Gasteiger partial charge in [0.1, 0.15) is 18.7 Å². The lowest BCUT2D eigenvalue weighted by Crippen LogP contribution is -2.41. The van der Waals surface area contributed by atoms with Crippen LogP contribution in [0.5, 0.6) is 0 Å². The number of carboxylic acid groups (broad SMARTS) is 3. The molecule has 0 radical (unpaired) electrons. The van der Waals surface area contributed by atoms with Crippen LogP contribution in [0.3, 0.4) is 0 Å². The van der Waals surface area contributed by atoms with Gasteiger partial charge < -0.3 is 36.8 Å². The molecule has 3 atom stereocenters. The number of alkyl carbamates (subject to hydrolysis) is 1. The summed E-state index contributed by atoms with van der Waals surface area (Å²) < 4.78 is 4.98. The number of carboxylic acids is 3. The smallest absolute Gasteiger partial charge is 0.408 e. The van der Waals surface area contributed by atoms with Crippen LogP contribution in [0.4, 0.5) is 4.79 Å². The Morgan fingerprint density at radius 3 is 2.10 bits per heavy atom. The van der Waals surface area contributed by atoms with E-state index < -0.39 is 42.0 Å². The van der Waals surface area contributed by atoms with E-state index in [2.05, 4.69) is 5.32 Å². The highest BCUT2D eigenvalue weighted by Crippen LogP contribution is 2.05. The van der Waals surface area contributed by atoms with Crippen molar-refractivity contribution < 1.29 is 39.2 Å². The van der Waals surface area contributed by atoms with Gasteiger partial charge >= 0.3 is 24.0 Å². The third-order valence-corrected chi connectivity index (χ3v) is 4.10. The second-order valence-corrected chi connectivity index (χ2v) is 6.80. The first-order valence-electron chi connectivity index (χ1n) is 9.69. The van der Waals surface area contributed by atoms with Crippen LogP contribution in [-0.4, -0.2) is 57.9 Å². The summed E-state index contributed by atoms with van der Waals surface area (Å²) in [5.74, 6) is -3.97. The molecule has 0 fully saturated rings. The van der Waals surface area contributed by atoms with Crippen molar-refractivity contribution in [2.75, 3.05) is 6.54 Å². The molecule has 1 aromatic rings. The second kappa shape index (κ2) is 15.6. The third-order valence-electron chi connectivity index (χ3n) is 4.10. The molecule has 0 aromatic heterocycles. The van der Waals surface area contributed by atoms with E-state index in [0.29, 0.717) is 19.4 Å². The molecule has 11 heteroatoms. The van der Waals surface area contributed by atoms with E-state index in [0.717, 1.165) is 12.0 Å². The van der Waals surface area contributed by atoms with Crippen molar-refractivity contribution in [3.63, 3.8) is 0 Å². The van der Waals surface area contributed by atoms with Gasteiger partial charge in [0.05, 0.1) is 5.92 Å². The maximum absolute atomic E-state index is 11.5. The van der Waals surface area contributed by atoms with Gasteiger partial charge in [-0.3, -0.25) is 9.59 Å². The Bertz CT molecular complexity index is 681. The molecular weight excluding hydrogens is 410 g/mol. The molecule has 1 amide bonds. The average Bonchev–Trinajstić information content (AvgIpc) is 2.72. The maximum Gasteiger partial charge on any atom is 0.408 e. The van der Waals surface area contributed by atoms with Crippen LogP contribution in [0.25, 0.3) is 0 Å². The molecule has 0 saturated carbocycles. The van der Waals surface area contributed by atoms with Crippen LogP contribution in [-0.2, 0) is 25.7 Å². The summed E-state index contributed by atoms with van der Waals surface area (Å²) in [4.78, 5) is 42.9. The number of rotatable bonds is 12. The zero-order valence-electron chi connectivity index (χ0n) is 17.4.